The summed E-state index contributed by atoms with van der Waals surface area (Å²) in [5, 5.41) is 11.4. The van der Waals surface area contributed by atoms with E-state index in [2.05, 4.69) is 5.32 Å². The van der Waals surface area contributed by atoms with Gasteiger partial charge in [0.1, 0.15) is 0 Å². The Labute approximate surface area is 112 Å². The molecule has 0 bridgehead atoms. The normalized spacial score (nSPS) is 10.2. The second-order valence-corrected chi connectivity index (χ2v) is 4.13. The molecule has 0 aliphatic rings. The molecule has 1 aromatic rings. The number of rotatable bonds is 8. The lowest BCUT2D eigenvalue weighted by Gasteiger charge is -2.10. The Morgan fingerprint density at radius 1 is 1.26 bits per heavy atom. The number of halogens is 2. The Kier molecular flexibility index (Phi) is 6.83. The van der Waals surface area contributed by atoms with Crippen LogP contribution in [-0.4, -0.2) is 13.2 Å². The second kappa shape index (κ2) is 8.44. The molecule has 1 aromatic carbocycles. The maximum absolute atomic E-state index is 13.7. The number of nitrogens with one attached hydrogen (secondary N) is 1. The minimum atomic E-state index is -0.687. The quantitative estimate of drug-likeness (QED) is 0.737. The van der Waals surface area contributed by atoms with E-state index >= 15 is 0 Å². The zero-order chi connectivity index (χ0) is 14.1. The highest BCUT2D eigenvalue weighted by Crippen LogP contribution is 2.23. The van der Waals surface area contributed by atoms with Crippen molar-refractivity contribution in [2.45, 2.75) is 32.7 Å². The van der Waals surface area contributed by atoms with Crippen molar-refractivity contribution in [3.63, 3.8) is 0 Å². The molecule has 0 unspecified atom stereocenters. The van der Waals surface area contributed by atoms with Gasteiger partial charge in [-0.25, -0.2) is 8.78 Å². The number of benzene rings is 1. The first kappa shape index (κ1) is 15.4. The van der Waals surface area contributed by atoms with Gasteiger partial charge in [-0.05, 0) is 37.1 Å². The van der Waals surface area contributed by atoms with Crippen molar-refractivity contribution in [1.29, 1.82) is 5.26 Å². The highest BCUT2D eigenvalue weighted by atomic mass is 19.1. The zero-order valence-corrected chi connectivity index (χ0v) is 11.0. The first-order chi connectivity index (χ1) is 9.19. The summed E-state index contributed by atoms with van der Waals surface area (Å²) in [6, 6.07) is 4.55. The van der Waals surface area contributed by atoms with Crippen LogP contribution >= 0.6 is 0 Å². The third kappa shape index (κ3) is 5.23. The Morgan fingerprint density at radius 2 is 1.95 bits per heavy atom. The molecule has 0 fully saturated rings. The third-order valence-electron chi connectivity index (χ3n) is 2.57. The molecule has 0 spiro atoms. The van der Waals surface area contributed by atoms with E-state index in [0.717, 1.165) is 6.54 Å². The largest absolute Gasteiger partial charge is 0.488 e. The zero-order valence-electron chi connectivity index (χ0n) is 11.0. The maximum atomic E-state index is 13.7. The standard InChI is InChI=1S/C14H18F2N2O/c1-2-18-10-11-8-12(15)14(13(16)9-11)19-7-5-3-4-6-17/h8-9,18H,2-5,7,10H2,1H3. The van der Waals surface area contributed by atoms with Gasteiger partial charge in [0, 0.05) is 13.0 Å². The molecule has 0 saturated heterocycles. The molecular weight excluding hydrogens is 250 g/mol. The van der Waals surface area contributed by atoms with Gasteiger partial charge in [-0.3, -0.25) is 0 Å². The molecule has 0 heterocycles. The van der Waals surface area contributed by atoms with Gasteiger partial charge in [0.05, 0.1) is 12.7 Å². The van der Waals surface area contributed by atoms with Crippen LogP contribution in [0.25, 0.3) is 0 Å². The van der Waals surface area contributed by atoms with Gasteiger partial charge in [-0.2, -0.15) is 5.26 Å². The number of nitriles is 1. The second-order valence-electron chi connectivity index (χ2n) is 4.13. The minimum Gasteiger partial charge on any atom is -0.488 e. The summed E-state index contributed by atoms with van der Waals surface area (Å²) in [7, 11) is 0. The van der Waals surface area contributed by atoms with Crippen LogP contribution in [0.5, 0.6) is 5.75 Å². The predicted molar refractivity (Wildman–Crippen MR) is 68.7 cm³/mol. The van der Waals surface area contributed by atoms with E-state index in [1.54, 1.807) is 0 Å². The third-order valence-corrected chi connectivity index (χ3v) is 2.57. The van der Waals surface area contributed by atoms with Crippen LogP contribution in [0.3, 0.4) is 0 Å². The average molecular weight is 268 g/mol. The molecule has 0 radical (unpaired) electrons. The van der Waals surface area contributed by atoms with Crippen LogP contribution in [0.1, 0.15) is 31.7 Å². The Hall–Kier alpha value is -1.67. The van der Waals surface area contributed by atoms with Crippen molar-refractivity contribution >= 4 is 0 Å². The highest BCUT2D eigenvalue weighted by Gasteiger charge is 2.12. The van der Waals surface area contributed by atoms with E-state index in [4.69, 9.17) is 10.00 Å². The lowest BCUT2D eigenvalue weighted by molar-refractivity contribution is 0.277. The van der Waals surface area contributed by atoms with Gasteiger partial charge in [0.15, 0.2) is 17.4 Å². The molecule has 3 nitrogen and oxygen atoms in total. The van der Waals surface area contributed by atoms with Gasteiger partial charge in [-0.1, -0.05) is 6.92 Å². The van der Waals surface area contributed by atoms with Crippen molar-refractivity contribution < 1.29 is 13.5 Å². The van der Waals surface area contributed by atoms with E-state index in [9.17, 15) is 8.78 Å². The SMILES string of the molecule is CCNCc1cc(F)c(OCCCCC#N)c(F)c1. The van der Waals surface area contributed by atoms with Crippen molar-refractivity contribution in [2.24, 2.45) is 0 Å². The van der Waals surface area contributed by atoms with E-state index in [1.807, 2.05) is 13.0 Å². The first-order valence-electron chi connectivity index (χ1n) is 6.37. The monoisotopic (exact) mass is 268 g/mol. The van der Waals surface area contributed by atoms with Gasteiger partial charge in [-0.15, -0.1) is 0 Å². The van der Waals surface area contributed by atoms with E-state index < -0.39 is 11.6 Å². The summed E-state index contributed by atoms with van der Waals surface area (Å²) < 4.78 is 32.4. The molecule has 0 aliphatic heterocycles. The lowest BCUT2D eigenvalue weighted by Crippen LogP contribution is -2.12. The molecule has 5 heteroatoms. The van der Waals surface area contributed by atoms with Crippen LogP contribution in [-0.2, 0) is 6.54 Å². The summed E-state index contributed by atoms with van der Waals surface area (Å²) in [6.45, 7) is 3.29. The van der Waals surface area contributed by atoms with Crippen molar-refractivity contribution in [2.75, 3.05) is 13.2 Å². The molecule has 0 saturated carbocycles. The molecule has 19 heavy (non-hydrogen) atoms. The van der Waals surface area contributed by atoms with Gasteiger partial charge in [0.25, 0.3) is 0 Å². The number of unbranched alkanes of at least 4 members (excludes halogenated alkanes) is 2. The van der Waals surface area contributed by atoms with E-state index in [-0.39, 0.29) is 12.4 Å². The minimum absolute atomic E-state index is 0.210. The predicted octanol–water partition coefficient (Wildman–Crippen LogP) is 3.15. The number of hydrogen-bond acceptors (Lipinski definition) is 3. The molecule has 1 N–H and O–H groups in total. The van der Waals surface area contributed by atoms with Crippen molar-refractivity contribution in [3.05, 3.63) is 29.3 Å². The summed E-state index contributed by atoms with van der Waals surface area (Å²) in [6.07, 6.45) is 1.69. The molecule has 104 valence electrons. The lowest BCUT2D eigenvalue weighted by atomic mass is 10.2. The Balaban J connectivity index is 2.56. The Bertz CT molecular complexity index is 421. The van der Waals surface area contributed by atoms with Crippen LogP contribution in [0.15, 0.2) is 12.1 Å². The van der Waals surface area contributed by atoms with Crippen LogP contribution in [0.4, 0.5) is 8.78 Å². The highest BCUT2D eigenvalue weighted by molar-refractivity contribution is 5.31. The molecule has 1 rings (SSSR count). The summed E-state index contributed by atoms with van der Waals surface area (Å²) in [5.41, 5.74) is 0.550. The number of ether oxygens (including phenoxy) is 1. The van der Waals surface area contributed by atoms with E-state index in [1.165, 1.54) is 12.1 Å². The van der Waals surface area contributed by atoms with Gasteiger partial charge < -0.3 is 10.1 Å². The van der Waals surface area contributed by atoms with Crippen LogP contribution < -0.4 is 10.1 Å². The number of nitrogens with zero attached hydrogens (tertiary/aromatic N) is 1. The Morgan fingerprint density at radius 3 is 2.53 bits per heavy atom. The van der Waals surface area contributed by atoms with Crippen LogP contribution in [0.2, 0.25) is 0 Å². The molecule has 0 aromatic heterocycles. The summed E-state index contributed by atoms with van der Waals surface area (Å²) >= 11 is 0. The number of hydrogen-bond donors (Lipinski definition) is 1. The van der Waals surface area contributed by atoms with Crippen LogP contribution in [0, 0.1) is 23.0 Å². The topological polar surface area (TPSA) is 45.0 Å². The van der Waals surface area contributed by atoms with Gasteiger partial charge >= 0.3 is 0 Å². The fraction of sp³-hybridized carbons (Fsp3) is 0.500. The molecule has 0 amide bonds. The fourth-order valence-electron chi connectivity index (χ4n) is 1.60. The molecule has 0 atom stereocenters. The summed E-state index contributed by atoms with van der Waals surface area (Å²) in [5.74, 6) is -1.71. The first-order valence-corrected chi connectivity index (χ1v) is 6.37. The average Bonchev–Trinajstić information content (AvgIpc) is 2.38. The van der Waals surface area contributed by atoms with Crippen molar-refractivity contribution in [3.8, 4) is 11.8 Å². The van der Waals surface area contributed by atoms with Crippen molar-refractivity contribution in [1.82, 2.24) is 5.32 Å². The van der Waals surface area contributed by atoms with Gasteiger partial charge in [0.2, 0.25) is 0 Å². The van der Waals surface area contributed by atoms with E-state index in [0.29, 0.717) is 31.4 Å². The molecule has 0 aliphatic carbocycles. The molecular formula is C14H18F2N2O. The smallest absolute Gasteiger partial charge is 0.190 e. The fourth-order valence-corrected chi connectivity index (χ4v) is 1.60. The maximum Gasteiger partial charge on any atom is 0.190 e. The summed E-state index contributed by atoms with van der Waals surface area (Å²) in [4.78, 5) is 0.